The maximum atomic E-state index is 4.77. The van der Waals surface area contributed by atoms with Crippen LogP contribution in [0.3, 0.4) is 0 Å². The van der Waals surface area contributed by atoms with Gasteiger partial charge in [-0.3, -0.25) is 4.40 Å². The van der Waals surface area contributed by atoms with E-state index in [2.05, 4.69) is 50.7 Å². The summed E-state index contributed by atoms with van der Waals surface area (Å²) in [7, 11) is 0. The molecule has 1 aliphatic rings. The molecule has 0 radical (unpaired) electrons. The number of nitrogens with zero attached hydrogens (tertiary/aromatic N) is 3. The van der Waals surface area contributed by atoms with Gasteiger partial charge in [0.2, 0.25) is 0 Å². The molecule has 5 heteroatoms. The number of rotatable bonds is 2. The highest BCUT2D eigenvalue weighted by molar-refractivity contribution is 9.08. The maximum absolute atomic E-state index is 4.77. The summed E-state index contributed by atoms with van der Waals surface area (Å²) in [6.45, 7) is 6.90. The van der Waals surface area contributed by atoms with E-state index in [0.29, 0.717) is 5.41 Å². The van der Waals surface area contributed by atoms with Crippen LogP contribution in [0.25, 0.3) is 4.96 Å². The van der Waals surface area contributed by atoms with Crippen molar-refractivity contribution in [1.82, 2.24) is 9.38 Å². The van der Waals surface area contributed by atoms with Crippen LogP contribution in [-0.2, 0) is 5.33 Å². The first kappa shape index (κ1) is 11.5. The Labute approximate surface area is 114 Å². The number of anilines is 1. The van der Waals surface area contributed by atoms with Crippen molar-refractivity contribution in [1.29, 1.82) is 0 Å². The third kappa shape index (κ3) is 1.89. The lowest BCUT2D eigenvalue weighted by Gasteiger charge is -2.20. The molecule has 1 fully saturated rings. The van der Waals surface area contributed by atoms with Crippen LogP contribution in [0, 0.1) is 5.41 Å². The number of halogens is 1. The van der Waals surface area contributed by atoms with Crippen LogP contribution in [0.2, 0.25) is 0 Å². The van der Waals surface area contributed by atoms with Crippen molar-refractivity contribution < 1.29 is 0 Å². The van der Waals surface area contributed by atoms with Gasteiger partial charge in [-0.05, 0) is 11.8 Å². The van der Waals surface area contributed by atoms with Gasteiger partial charge >= 0.3 is 0 Å². The number of aromatic nitrogens is 2. The summed E-state index contributed by atoms with van der Waals surface area (Å²) >= 11 is 5.29. The van der Waals surface area contributed by atoms with Gasteiger partial charge in [0.05, 0.1) is 5.69 Å². The smallest absolute Gasteiger partial charge is 0.195 e. The molecule has 0 amide bonds. The molecule has 0 N–H and O–H groups in total. The summed E-state index contributed by atoms with van der Waals surface area (Å²) in [5.41, 5.74) is 1.69. The van der Waals surface area contributed by atoms with Crippen LogP contribution >= 0.6 is 27.3 Å². The first-order chi connectivity index (χ1) is 8.11. The summed E-state index contributed by atoms with van der Waals surface area (Å²) in [4.78, 5) is 8.29. The summed E-state index contributed by atoms with van der Waals surface area (Å²) in [6, 6.07) is 0. The molecule has 0 atom stereocenters. The highest BCUT2D eigenvalue weighted by atomic mass is 79.9. The minimum Gasteiger partial charge on any atom is -0.354 e. The second kappa shape index (κ2) is 3.99. The second-order valence-corrected chi connectivity index (χ2v) is 6.84. The van der Waals surface area contributed by atoms with Crippen molar-refractivity contribution in [3.05, 3.63) is 17.3 Å². The van der Waals surface area contributed by atoms with Gasteiger partial charge in [0.15, 0.2) is 10.8 Å². The van der Waals surface area contributed by atoms with Gasteiger partial charge in [-0.15, -0.1) is 11.3 Å². The van der Waals surface area contributed by atoms with Crippen molar-refractivity contribution in [3.8, 4) is 0 Å². The van der Waals surface area contributed by atoms with E-state index in [1.165, 1.54) is 17.9 Å². The molecule has 3 nitrogen and oxygen atoms in total. The van der Waals surface area contributed by atoms with Crippen LogP contribution < -0.4 is 4.90 Å². The lowest BCUT2D eigenvalue weighted by Crippen LogP contribution is -2.23. The molecule has 0 aliphatic carbocycles. The fraction of sp³-hybridized carbons (Fsp3) is 0.583. The van der Waals surface area contributed by atoms with Gasteiger partial charge in [-0.25, -0.2) is 4.98 Å². The number of thiazole rings is 1. The average molecular weight is 314 g/mol. The number of alkyl halides is 1. The zero-order valence-corrected chi connectivity index (χ0v) is 12.5. The topological polar surface area (TPSA) is 20.5 Å². The molecule has 2 aromatic rings. The van der Waals surface area contributed by atoms with E-state index in [4.69, 9.17) is 4.98 Å². The highest BCUT2D eigenvalue weighted by Crippen LogP contribution is 2.35. The molecule has 0 bridgehead atoms. The van der Waals surface area contributed by atoms with Gasteiger partial charge in [0.25, 0.3) is 0 Å². The number of hydrogen-bond acceptors (Lipinski definition) is 3. The zero-order chi connectivity index (χ0) is 12.0. The van der Waals surface area contributed by atoms with Gasteiger partial charge in [-0.2, -0.15) is 0 Å². The molecule has 1 aliphatic heterocycles. The van der Waals surface area contributed by atoms with Crippen molar-refractivity contribution in [2.24, 2.45) is 5.41 Å². The van der Waals surface area contributed by atoms with Gasteiger partial charge in [0, 0.05) is 30.0 Å². The second-order valence-electron chi connectivity index (χ2n) is 5.41. The molecule has 1 saturated heterocycles. The fourth-order valence-electron chi connectivity index (χ4n) is 2.49. The van der Waals surface area contributed by atoms with E-state index >= 15 is 0 Å². The Bertz CT molecular complexity index is 543. The molecule has 2 aromatic heterocycles. The van der Waals surface area contributed by atoms with E-state index in [9.17, 15) is 0 Å². The predicted octanol–water partition coefficient (Wildman–Crippen LogP) is 3.53. The Kier molecular flexibility index (Phi) is 2.70. The van der Waals surface area contributed by atoms with E-state index in [1.54, 1.807) is 11.3 Å². The number of imidazole rings is 1. The first-order valence-electron chi connectivity index (χ1n) is 5.86. The largest absolute Gasteiger partial charge is 0.354 e. The van der Waals surface area contributed by atoms with Crippen LogP contribution in [0.1, 0.15) is 26.0 Å². The normalized spacial score (nSPS) is 19.4. The Morgan fingerprint density at radius 2 is 2.35 bits per heavy atom. The quantitative estimate of drug-likeness (QED) is 0.791. The molecular formula is C12H16BrN3S. The average Bonchev–Trinajstić information content (AvgIpc) is 2.89. The molecule has 3 heterocycles. The maximum Gasteiger partial charge on any atom is 0.195 e. The lowest BCUT2D eigenvalue weighted by atomic mass is 9.93. The van der Waals surface area contributed by atoms with Crippen LogP contribution in [0.15, 0.2) is 11.6 Å². The van der Waals surface area contributed by atoms with Crippen LogP contribution in [0.5, 0.6) is 0 Å². The molecule has 0 spiro atoms. The van der Waals surface area contributed by atoms with Crippen molar-refractivity contribution in [3.63, 3.8) is 0 Å². The lowest BCUT2D eigenvalue weighted by molar-refractivity contribution is 0.418. The zero-order valence-electron chi connectivity index (χ0n) is 10.1. The van der Waals surface area contributed by atoms with Gasteiger partial charge < -0.3 is 4.90 Å². The minimum atomic E-state index is 0.417. The predicted molar refractivity (Wildman–Crippen MR) is 76.3 cm³/mol. The minimum absolute atomic E-state index is 0.417. The fourth-order valence-corrected chi connectivity index (χ4v) is 3.74. The number of hydrogen-bond donors (Lipinski definition) is 0. The summed E-state index contributed by atoms with van der Waals surface area (Å²) < 4.78 is 2.19. The monoisotopic (exact) mass is 313 g/mol. The molecule has 0 unspecified atom stereocenters. The molecule has 0 saturated carbocycles. The van der Waals surface area contributed by atoms with Crippen molar-refractivity contribution >= 4 is 38.0 Å². The van der Waals surface area contributed by atoms with Crippen molar-refractivity contribution in [2.75, 3.05) is 18.0 Å². The Morgan fingerprint density at radius 3 is 3.00 bits per heavy atom. The summed E-state index contributed by atoms with van der Waals surface area (Å²) in [5.74, 6) is 1.17. The summed E-state index contributed by atoms with van der Waals surface area (Å²) in [6.07, 6.45) is 3.36. The number of fused-ring (bicyclic) bond motifs is 1. The third-order valence-corrected chi connectivity index (χ3v) is 4.73. The Hall–Kier alpha value is -0.550. The van der Waals surface area contributed by atoms with Gasteiger partial charge in [0.1, 0.15) is 0 Å². The van der Waals surface area contributed by atoms with E-state index < -0.39 is 0 Å². The SMILES string of the molecule is CC1(C)CCN(c2nc3sccn3c2CBr)C1. The van der Waals surface area contributed by atoms with E-state index in [-0.39, 0.29) is 0 Å². The Morgan fingerprint density at radius 1 is 1.53 bits per heavy atom. The molecule has 0 aromatic carbocycles. The Balaban J connectivity index is 2.02. The van der Waals surface area contributed by atoms with Crippen LogP contribution in [0.4, 0.5) is 5.82 Å². The highest BCUT2D eigenvalue weighted by Gasteiger charge is 2.32. The first-order valence-corrected chi connectivity index (χ1v) is 7.86. The molecule has 3 rings (SSSR count). The molecule has 92 valence electrons. The standard InChI is InChI=1S/C12H16BrN3S/c1-12(2)3-4-15(8-12)10-9(7-13)16-5-6-17-11(16)14-10/h5-6H,3-4,7-8H2,1-2H3. The molecule has 17 heavy (non-hydrogen) atoms. The van der Waals surface area contributed by atoms with E-state index in [1.807, 2.05) is 0 Å². The third-order valence-electron chi connectivity index (χ3n) is 3.44. The molecular weight excluding hydrogens is 298 g/mol. The summed E-state index contributed by atoms with van der Waals surface area (Å²) in [5, 5.41) is 2.95. The van der Waals surface area contributed by atoms with E-state index in [0.717, 1.165) is 23.4 Å². The van der Waals surface area contributed by atoms with Crippen LogP contribution in [-0.4, -0.2) is 22.5 Å². The van der Waals surface area contributed by atoms with Crippen molar-refractivity contribution in [2.45, 2.75) is 25.6 Å². The van der Waals surface area contributed by atoms with Gasteiger partial charge in [-0.1, -0.05) is 29.8 Å².